The van der Waals surface area contributed by atoms with Crippen LogP contribution in [0.15, 0.2) is 55.2 Å². The molecule has 2 aliphatic heterocycles. The molecule has 0 atom stereocenters. The number of fused-ring (bicyclic) bond motifs is 1. The molecule has 6 rings (SSSR count). The van der Waals surface area contributed by atoms with Crippen molar-refractivity contribution in [2.24, 2.45) is 0 Å². The van der Waals surface area contributed by atoms with Gasteiger partial charge >= 0.3 is 12.0 Å². The maximum Gasteiger partial charge on any atom is 0.337 e. The maximum atomic E-state index is 12.8. The fourth-order valence-electron chi connectivity index (χ4n) is 5.67. The molecule has 12 heteroatoms. The molecule has 2 amide bonds. The number of carbonyl (C=O) groups excluding carboxylic acids is 1. The predicted molar refractivity (Wildman–Crippen MR) is 142 cm³/mol. The van der Waals surface area contributed by atoms with Gasteiger partial charge in [0.25, 0.3) is 0 Å². The van der Waals surface area contributed by atoms with Crippen LogP contribution in [0, 0.1) is 11.3 Å². The van der Waals surface area contributed by atoms with E-state index in [0.29, 0.717) is 44.3 Å². The Morgan fingerprint density at radius 1 is 1.18 bits per heavy atom. The number of hydrogen-bond donors (Lipinski definition) is 3. The van der Waals surface area contributed by atoms with Crippen LogP contribution >= 0.6 is 0 Å². The average molecular weight is 526 g/mol. The van der Waals surface area contributed by atoms with E-state index < -0.39 is 11.5 Å². The van der Waals surface area contributed by atoms with Gasteiger partial charge in [0.1, 0.15) is 17.5 Å². The number of carbonyl (C=O) groups is 2. The molecule has 0 bridgehead atoms. The van der Waals surface area contributed by atoms with E-state index in [2.05, 4.69) is 36.3 Å². The first kappa shape index (κ1) is 24.6. The Morgan fingerprint density at radius 3 is 2.74 bits per heavy atom. The Bertz CT molecular complexity index is 1570. The van der Waals surface area contributed by atoms with Gasteiger partial charge in [0.2, 0.25) is 0 Å². The first-order valence-electron chi connectivity index (χ1n) is 12.8. The molecule has 0 spiro atoms. The molecule has 2 fully saturated rings. The van der Waals surface area contributed by atoms with E-state index in [1.165, 1.54) is 12.4 Å². The second-order valence-corrected chi connectivity index (χ2v) is 10.1. The van der Waals surface area contributed by atoms with Crippen LogP contribution < -0.4 is 5.32 Å². The second-order valence-electron chi connectivity index (χ2n) is 10.1. The molecular formula is C27H27N9O3. The number of hydrogen-bond acceptors (Lipinski definition) is 7. The average Bonchev–Trinajstić information content (AvgIpc) is 3.61. The lowest BCUT2D eigenvalue weighted by Gasteiger charge is -2.53. The van der Waals surface area contributed by atoms with Gasteiger partial charge < -0.3 is 20.3 Å². The lowest BCUT2D eigenvalue weighted by atomic mass is 9.84. The largest absolute Gasteiger partial charge is 0.478 e. The number of anilines is 1. The molecule has 39 heavy (non-hydrogen) atoms. The highest BCUT2D eigenvalue weighted by Gasteiger charge is 2.48. The number of H-pyrrole nitrogens is 1. The second kappa shape index (κ2) is 9.85. The summed E-state index contributed by atoms with van der Waals surface area (Å²) in [5.74, 6) is -1.08. The number of aromatic nitrogens is 5. The van der Waals surface area contributed by atoms with Crippen LogP contribution in [-0.4, -0.2) is 83.9 Å². The number of nitrogens with zero attached hydrogens (tertiary/aromatic N) is 7. The molecule has 0 unspecified atom stereocenters. The molecule has 0 saturated carbocycles. The number of para-hydroxylation sites is 1. The van der Waals surface area contributed by atoms with Crippen LogP contribution in [0.2, 0.25) is 0 Å². The van der Waals surface area contributed by atoms with Crippen LogP contribution in [0.5, 0.6) is 0 Å². The summed E-state index contributed by atoms with van der Waals surface area (Å²) in [6, 6.07) is 10.7. The molecule has 3 N–H and O–H groups in total. The Labute approximate surface area is 223 Å². The summed E-state index contributed by atoms with van der Waals surface area (Å²) in [4.78, 5) is 40.2. The molecule has 3 aromatic heterocycles. The van der Waals surface area contributed by atoms with Crippen LogP contribution in [0.3, 0.4) is 0 Å². The minimum absolute atomic E-state index is 0.0640. The van der Waals surface area contributed by atoms with Gasteiger partial charge in [-0.25, -0.2) is 19.6 Å². The minimum atomic E-state index is -1.08. The molecular weight excluding hydrogens is 498 g/mol. The number of benzene rings is 1. The van der Waals surface area contributed by atoms with Gasteiger partial charge in [-0.15, -0.1) is 0 Å². The lowest BCUT2D eigenvalue weighted by molar-refractivity contribution is -0.0399. The van der Waals surface area contributed by atoms with Crippen molar-refractivity contribution >= 4 is 28.7 Å². The van der Waals surface area contributed by atoms with Crippen molar-refractivity contribution in [2.75, 3.05) is 31.5 Å². The summed E-state index contributed by atoms with van der Waals surface area (Å²) in [7, 11) is 0. The van der Waals surface area contributed by atoms with Gasteiger partial charge in [0.15, 0.2) is 0 Å². The molecule has 5 heterocycles. The summed E-state index contributed by atoms with van der Waals surface area (Å²) in [5.41, 5.74) is 2.38. The zero-order valence-electron chi connectivity index (χ0n) is 21.1. The highest BCUT2D eigenvalue weighted by atomic mass is 16.4. The van der Waals surface area contributed by atoms with Crippen molar-refractivity contribution < 1.29 is 14.7 Å². The number of nitriles is 1. The van der Waals surface area contributed by atoms with Crippen molar-refractivity contribution in [2.45, 2.75) is 30.8 Å². The first-order valence-corrected chi connectivity index (χ1v) is 12.8. The predicted octanol–water partition coefficient (Wildman–Crippen LogP) is 3.14. The number of amides is 2. The molecule has 198 valence electrons. The third-order valence-electron chi connectivity index (χ3n) is 7.77. The van der Waals surface area contributed by atoms with Crippen molar-refractivity contribution in [1.82, 2.24) is 34.5 Å². The third kappa shape index (κ3) is 4.46. The van der Waals surface area contributed by atoms with Crippen molar-refractivity contribution in [3.8, 4) is 17.3 Å². The number of nitrogens with one attached hydrogen (secondary N) is 2. The number of carboxylic acids is 1. The fourth-order valence-corrected chi connectivity index (χ4v) is 5.67. The number of rotatable bonds is 6. The summed E-state index contributed by atoms with van der Waals surface area (Å²) >= 11 is 0. The van der Waals surface area contributed by atoms with Gasteiger partial charge in [-0.05, 0) is 31.0 Å². The molecule has 1 aromatic carbocycles. The molecule has 2 aliphatic rings. The highest BCUT2D eigenvalue weighted by Crippen LogP contribution is 2.37. The quantitative estimate of drug-likeness (QED) is 0.347. The number of carboxylic acid groups (broad SMARTS) is 1. The van der Waals surface area contributed by atoms with Gasteiger partial charge in [-0.3, -0.25) is 9.58 Å². The third-order valence-corrected chi connectivity index (χ3v) is 7.77. The smallest absolute Gasteiger partial charge is 0.337 e. The first-order chi connectivity index (χ1) is 19.0. The summed E-state index contributed by atoms with van der Waals surface area (Å²) < 4.78 is 1.91. The maximum absolute atomic E-state index is 12.8. The van der Waals surface area contributed by atoms with E-state index in [1.807, 2.05) is 23.1 Å². The summed E-state index contributed by atoms with van der Waals surface area (Å²) in [6.07, 6.45) is 9.05. The molecule has 2 saturated heterocycles. The molecule has 12 nitrogen and oxygen atoms in total. The fraction of sp³-hybridized carbons (Fsp3) is 0.333. The Morgan fingerprint density at radius 2 is 1.97 bits per heavy atom. The van der Waals surface area contributed by atoms with E-state index in [1.54, 1.807) is 29.3 Å². The van der Waals surface area contributed by atoms with Gasteiger partial charge in [-0.2, -0.15) is 10.4 Å². The van der Waals surface area contributed by atoms with Gasteiger partial charge in [0, 0.05) is 55.6 Å². The van der Waals surface area contributed by atoms with E-state index in [4.69, 9.17) is 0 Å². The van der Waals surface area contributed by atoms with Crippen LogP contribution in [0.25, 0.3) is 22.3 Å². The Hall–Kier alpha value is -4.76. The van der Waals surface area contributed by atoms with E-state index in [0.717, 1.165) is 35.1 Å². The SMILES string of the molecule is N#CCC1(n2cc(-c3ncnc4[nH]ccc34)cn2)CN(C2CCN(C(=O)Nc3ccccc3C(=O)O)CC2)C1. The number of urea groups is 1. The van der Waals surface area contributed by atoms with E-state index in [-0.39, 0.29) is 11.6 Å². The van der Waals surface area contributed by atoms with Crippen molar-refractivity contribution in [3.05, 3.63) is 60.8 Å². The molecule has 0 aliphatic carbocycles. The monoisotopic (exact) mass is 525 g/mol. The van der Waals surface area contributed by atoms with E-state index in [9.17, 15) is 20.0 Å². The standard InChI is InChI=1S/C27H27N9O3/c28-9-8-27(36-14-18(13-32-36)23-21-5-10-29-24(21)31-17-30-23)15-35(16-27)19-6-11-34(12-7-19)26(39)33-22-4-2-1-3-20(22)25(37)38/h1-5,10,13-14,17,19H,6-8,11-12,15-16H2,(H,33,39)(H,37,38)(H,29,30,31). The van der Waals surface area contributed by atoms with Crippen LogP contribution in [0.1, 0.15) is 29.6 Å². The van der Waals surface area contributed by atoms with Crippen molar-refractivity contribution in [3.63, 3.8) is 0 Å². The zero-order valence-corrected chi connectivity index (χ0v) is 21.1. The molecule has 4 aromatic rings. The number of likely N-dealkylation sites (tertiary alicyclic amines) is 2. The van der Waals surface area contributed by atoms with Crippen LogP contribution in [0.4, 0.5) is 10.5 Å². The topological polar surface area (TPSA) is 156 Å². The molecule has 0 radical (unpaired) electrons. The summed E-state index contributed by atoms with van der Waals surface area (Å²) in [6.45, 7) is 2.54. The van der Waals surface area contributed by atoms with E-state index >= 15 is 0 Å². The Balaban J connectivity index is 1.09. The Kier molecular flexibility index (Phi) is 6.20. The van der Waals surface area contributed by atoms with Gasteiger partial charge in [-0.1, -0.05) is 12.1 Å². The van der Waals surface area contributed by atoms with Gasteiger partial charge in [0.05, 0.1) is 35.6 Å². The normalized spacial score (nSPS) is 17.5. The minimum Gasteiger partial charge on any atom is -0.478 e. The number of aromatic amines is 1. The lowest BCUT2D eigenvalue weighted by Crippen LogP contribution is -2.66. The van der Waals surface area contributed by atoms with Crippen molar-refractivity contribution in [1.29, 1.82) is 5.26 Å². The highest BCUT2D eigenvalue weighted by molar-refractivity contribution is 6.00. The van der Waals surface area contributed by atoms with Crippen LogP contribution in [-0.2, 0) is 5.54 Å². The zero-order chi connectivity index (χ0) is 27.0. The number of aromatic carboxylic acids is 1. The summed E-state index contributed by atoms with van der Waals surface area (Å²) in [5, 5.41) is 27.3. The number of piperidine rings is 1.